The highest BCUT2D eigenvalue weighted by Crippen LogP contribution is 2.27. The molecule has 5 heteroatoms. The van der Waals surface area contributed by atoms with Gasteiger partial charge in [-0.2, -0.15) is 0 Å². The maximum absolute atomic E-state index is 12.7. The number of rotatable bonds is 7. The molecule has 1 aliphatic heterocycles. The summed E-state index contributed by atoms with van der Waals surface area (Å²) in [6, 6.07) is 15.6. The maximum atomic E-state index is 12.7. The van der Waals surface area contributed by atoms with Crippen molar-refractivity contribution in [2.24, 2.45) is 0 Å². The Morgan fingerprint density at radius 1 is 1.00 bits per heavy atom. The molecule has 0 fully saturated rings. The molecule has 0 spiro atoms. The van der Waals surface area contributed by atoms with Gasteiger partial charge in [-0.05, 0) is 37.0 Å². The van der Waals surface area contributed by atoms with E-state index in [9.17, 15) is 14.4 Å². The minimum absolute atomic E-state index is 0.244. The summed E-state index contributed by atoms with van der Waals surface area (Å²) in [4.78, 5) is 42.7. The lowest BCUT2D eigenvalue weighted by atomic mass is 9.94. The summed E-state index contributed by atoms with van der Waals surface area (Å²) < 4.78 is 0. The number of hydroxylamine groups is 2. The molecule has 5 nitrogen and oxygen atoms in total. The van der Waals surface area contributed by atoms with Crippen LogP contribution in [0.2, 0.25) is 0 Å². The number of amides is 2. The SMILES string of the molecule is C=CCCCC(C(=O)ON1C(=O)c2ccccc2C1=O)c1ccccc1. The molecule has 1 atom stereocenters. The Labute approximate surface area is 151 Å². The van der Waals surface area contributed by atoms with Crippen molar-refractivity contribution in [3.05, 3.63) is 83.9 Å². The largest absolute Gasteiger partial charge is 0.340 e. The molecule has 3 rings (SSSR count). The number of nitrogens with zero attached hydrogens (tertiary/aromatic N) is 1. The van der Waals surface area contributed by atoms with Gasteiger partial charge < -0.3 is 4.84 Å². The first kappa shape index (κ1) is 17.6. The van der Waals surface area contributed by atoms with Crippen LogP contribution in [0.5, 0.6) is 0 Å². The molecule has 0 aromatic heterocycles. The number of fused-ring (bicyclic) bond motifs is 1. The van der Waals surface area contributed by atoms with E-state index in [1.807, 2.05) is 30.3 Å². The molecule has 0 saturated heterocycles. The number of benzene rings is 2. The van der Waals surface area contributed by atoms with Gasteiger partial charge in [-0.25, -0.2) is 4.79 Å². The van der Waals surface area contributed by atoms with Crippen molar-refractivity contribution in [3.63, 3.8) is 0 Å². The number of hydrogen-bond donors (Lipinski definition) is 0. The van der Waals surface area contributed by atoms with Crippen molar-refractivity contribution in [2.45, 2.75) is 25.2 Å². The quantitative estimate of drug-likeness (QED) is 0.432. The Bertz CT molecular complexity index is 809. The first-order valence-corrected chi connectivity index (χ1v) is 8.49. The van der Waals surface area contributed by atoms with Crippen molar-refractivity contribution in [1.82, 2.24) is 5.06 Å². The number of allylic oxidation sites excluding steroid dienone is 1. The zero-order chi connectivity index (χ0) is 18.5. The minimum atomic E-state index is -0.616. The van der Waals surface area contributed by atoms with Crippen LogP contribution in [0.25, 0.3) is 0 Å². The molecule has 132 valence electrons. The smallest absolute Gasteiger partial charge is 0.329 e. The van der Waals surface area contributed by atoms with Gasteiger partial charge in [-0.3, -0.25) is 9.59 Å². The molecule has 1 aliphatic rings. The number of unbranched alkanes of at least 4 members (excludes halogenated alkanes) is 1. The third-order valence-corrected chi connectivity index (χ3v) is 4.33. The first-order chi connectivity index (χ1) is 12.6. The number of carbonyl (C=O) groups excluding carboxylic acids is 3. The lowest BCUT2D eigenvalue weighted by Gasteiger charge is -2.19. The summed E-state index contributed by atoms with van der Waals surface area (Å²) in [5, 5.41) is 0.566. The van der Waals surface area contributed by atoms with Crippen LogP contribution < -0.4 is 0 Å². The molecule has 0 bridgehead atoms. The molecule has 0 N–H and O–H groups in total. The highest BCUT2D eigenvalue weighted by atomic mass is 16.7. The second kappa shape index (κ2) is 7.78. The van der Waals surface area contributed by atoms with Crippen LogP contribution in [0.1, 0.15) is 51.5 Å². The van der Waals surface area contributed by atoms with Gasteiger partial charge in [0.25, 0.3) is 11.8 Å². The third kappa shape index (κ3) is 3.42. The molecule has 2 amide bonds. The van der Waals surface area contributed by atoms with E-state index >= 15 is 0 Å². The van der Waals surface area contributed by atoms with E-state index < -0.39 is 23.7 Å². The van der Waals surface area contributed by atoms with Gasteiger partial charge in [0.1, 0.15) is 0 Å². The van der Waals surface area contributed by atoms with Crippen LogP contribution in [0.4, 0.5) is 0 Å². The Hall–Kier alpha value is -3.21. The average molecular weight is 349 g/mol. The summed E-state index contributed by atoms with van der Waals surface area (Å²) >= 11 is 0. The van der Waals surface area contributed by atoms with Crippen LogP contribution in [-0.2, 0) is 9.63 Å². The molecule has 0 aliphatic carbocycles. The van der Waals surface area contributed by atoms with Gasteiger partial charge in [-0.1, -0.05) is 53.6 Å². The van der Waals surface area contributed by atoms with Gasteiger partial charge >= 0.3 is 5.97 Å². The summed E-state index contributed by atoms with van der Waals surface area (Å²) in [5.74, 6) is -2.40. The average Bonchev–Trinajstić information content (AvgIpc) is 2.91. The molecule has 26 heavy (non-hydrogen) atoms. The molecule has 1 unspecified atom stereocenters. The van der Waals surface area contributed by atoms with Gasteiger partial charge in [-0.15, -0.1) is 6.58 Å². The third-order valence-electron chi connectivity index (χ3n) is 4.33. The lowest BCUT2D eigenvalue weighted by Crippen LogP contribution is -2.34. The van der Waals surface area contributed by atoms with Crippen molar-refractivity contribution in [1.29, 1.82) is 0 Å². The second-order valence-electron chi connectivity index (χ2n) is 6.04. The van der Waals surface area contributed by atoms with Crippen LogP contribution >= 0.6 is 0 Å². The Morgan fingerprint density at radius 2 is 1.58 bits per heavy atom. The first-order valence-electron chi connectivity index (χ1n) is 8.49. The summed E-state index contributed by atoms with van der Waals surface area (Å²) in [6.07, 6.45) is 3.85. The predicted octanol–water partition coefficient (Wildman–Crippen LogP) is 3.88. The molecule has 0 radical (unpaired) electrons. The van der Waals surface area contributed by atoms with E-state index in [2.05, 4.69) is 6.58 Å². The molecule has 2 aromatic carbocycles. The normalized spacial score (nSPS) is 14.1. The van der Waals surface area contributed by atoms with Crippen LogP contribution in [0.15, 0.2) is 67.3 Å². The zero-order valence-corrected chi connectivity index (χ0v) is 14.3. The van der Waals surface area contributed by atoms with Gasteiger partial charge in [0.15, 0.2) is 0 Å². The Morgan fingerprint density at radius 3 is 2.15 bits per heavy atom. The van der Waals surface area contributed by atoms with Crippen LogP contribution in [0.3, 0.4) is 0 Å². The minimum Gasteiger partial charge on any atom is -0.329 e. The second-order valence-corrected chi connectivity index (χ2v) is 6.04. The molecule has 0 saturated carbocycles. The maximum Gasteiger partial charge on any atom is 0.340 e. The molecular weight excluding hydrogens is 330 g/mol. The fourth-order valence-electron chi connectivity index (χ4n) is 2.98. The highest BCUT2D eigenvalue weighted by Gasteiger charge is 2.39. The van der Waals surface area contributed by atoms with Crippen molar-refractivity contribution < 1.29 is 19.2 Å². The fourth-order valence-corrected chi connectivity index (χ4v) is 2.98. The Balaban J connectivity index is 1.79. The molecule has 1 heterocycles. The van der Waals surface area contributed by atoms with E-state index in [1.165, 1.54) is 0 Å². The number of hydrogen-bond acceptors (Lipinski definition) is 4. The van der Waals surface area contributed by atoms with Crippen molar-refractivity contribution in [3.8, 4) is 0 Å². The lowest BCUT2D eigenvalue weighted by molar-refractivity contribution is -0.170. The van der Waals surface area contributed by atoms with Crippen LogP contribution in [0, 0.1) is 0 Å². The summed E-state index contributed by atoms with van der Waals surface area (Å²) in [6.45, 7) is 3.69. The standard InChI is InChI=1S/C21H19NO4/c1-2-3-5-12-16(15-10-6-4-7-11-15)21(25)26-22-19(23)17-13-8-9-14-18(17)20(22)24/h2,4,6-11,13-14,16H,1,3,5,12H2. The zero-order valence-electron chi connectivity index (χ0n) is 14.3. The fraction of sp³-hybridized carbons (Fsp3) is 0.190. The Kier molecular flexibility index (Phi) is 5.27. The molecular formula is C21H19NO4. The van der Waals surface area contributed by atoms with Gasteiger partial charge in [0.05, 0.1) is 17.0 Å². The van der Waals surface area contributed by atoms with E-state index in [0.29, 0.717) is 11.5 Å². The topological polar surface area (TPSA) is 63.7 Å². The highest BCUT2D eigenvalue weighted by molar-refractivity contribution is 6.20. The number of imide groups is 1. The summed E-state index contributed by atoms with van der Waals surface area (Å²) in [5.41, 5.74) is 1.28. The van der Waals surface area contributed by atoms with Crippen LogP contribution in [-0.4, -0.2) is 22.8 Å². The monoisotopic (exact) mass is 349 g/mol. The molecule has 2 aromatic rings. The van der Waals surface area contributed by atoms with Crippen molar-refractivity contribution >= 4 is 17.8 Å². The van der Waals surface area contributed by atoms with Gasteiger partial charge in [0, 0.05) is 0 Å². The summed E-state index contributed by atoms with van der Waals surface area (Å²) in [7, 11) is 0. The predicted molar refractivity (Wildman–Crippen MR) is 96.3 cm³/mol. The van der Waals surface area contributed by atoms with Crippen molar-refractivity contribution in [2.75, 3.05) is 0 Å². The van der Waals surface area contributed by atoms with Gasteiger partial charge in [0.2, 0.25) is 0 Å². The van der Waals surface area contributed by atoms with E-state index in [1.54, 1.807) is 30.3 Å². The number of carbonyl (C=O) groups is 3. The van der Waals surface area contributed by atoms with E-state index in [4.69, 9.17) is 4.84 Å². The van der Waals surface area contributed by atoms with E-state index in [-0.39, 0.29) is 11.1 Å². The van der Waals surface area contributed by atoms with E-state index in [0.717, 1.165) is 18.4 Å².